The number of imidazole rings is 1. The van der Waals surface area contributed by atoms with Crippen molar-refractivity contribution in [3.8, 4) is 5.82 Å². The van der Waals surface area contributed by atoms with Crippen LogP contribution in [0.2, 0.25) is 0 Å². The molecule has 2 N–H and O–H groups in total. The van der Waals surface area contributed by atoms with Crippen molar-refractivity contribution in [1.29, 1.82) is 0 Å². The molecule has 2 aromatic heterocycles. The van der Waals surface area contributed by atoms with E-state index < -0.39 is 4.92 Å². The van der Waals surface area contributed by atoms with Gasteiger partial charge in [0.2, 0.25) is 11.6 Å². The zero-order chi connectivity index (χ0) is 10.8. The normalized spacial score (nSPS) is 10.1. The van der Waals surface area contributed by atoms with Gasteiger partial charge in [0.1, 0.15) is 12.7 Å². The van der Waals surface area contributed by atoms with E-state index in [1.807, 2.05) is 0 Å². The molecule has 0 aliphatic rings. The molecule has 2 aromatic rings. The maximum atomic E-state index is 10.7. The second-order valence-corrected chi connectivity index (χ2v) is 2.66. The van der Waals surface area contributed by atoms with E-state index in [2.05, 4.69) is 15.0 Å². The quantitative estimate of drug-likeness (QED) is 0.552. The smallest absolute Gasteiger partial charge is 0.353 e. The average molecular weight is 206 g/mol. The lowest BCUT2D eigenvalue weighted by atomic mass is 10.4. The van der Waals surface area contributed by atoms with Crippen LogP contribution in [0.1, 0.15) is 0 Å². The summed E-state index contributed by atoms with van der Waals surface area (Å²) in [4.78, 5) is 21.3. The maximum Gasteiger partial charge on any atom is 0.353 e. The molecule has 0 saturated carbocycles. The Labute approximate surface area is 83.6 Å². The van der Waals surface area contributed by atoms with Crippen molar-refractivity contribution in [3.63, 3.8) is 0 Å². The molecule has 8 heteroatoms. The van der Waals surface area contributed by atoms with Gasteiger partial charge in [-0.2, -0.15) is 0 Å². The second kappa shape index (κ2) is 3.33. The van der Waals surface area contributed by atoms with Crippen LogP contribution in [0.15, 0.2) is 25.0 Å². The molecule has 0 saturated heterocycles. The molecular formula is C7H6N6O2. The van der Waals surface area contributed by atoms with Gasteiger partial charge in [0.15, 0.2) is 0 Å². The Morgan fingerprint density at radius 1 is 1.47 bits per heavy atom. The number of nitro groups is 1. The highest BCUT2D eigenvalue weighted by Gasteiger charge is 2.21. The van der Waals surface area contributed by atoms with E-state index in [9.17, 15) is 10.1 Å². The number of aromatic nitrogens is 4. The number of rotatable bonds is 2. The van der Waals surface area contributed by atoms with Gasteiger partial charge in [-0.1, -0.05) is 0 Å². The Bertz CT molecular complexity index is 494. The van der Waals surface area contributed by atoms with Crippen LogP contribution in [0.25, 0.3) is 5.82 Å². The Hall–Kier alpha value is -2.51. The first kappa shape index (κ1) is 9.06. The molecule has 2 rings (SSSR count). The maximum absolute atomic E-state index is 10.7. The molecule has 0 aliphatic carbocycles. The third-order valence-electron chi connectivity index (χ3n) is 1.76. The number of hydrogen-bond donors (Lipinski definition) is 1. The molecule has 8 nitrogen and oxygen atoms in total. The molecule has 0 unspecified atom stereocenters. The fourth-order valence-electron chi connectivity index (χ4n) is 1.13. The van der Waals surface area contributed by atoms with Crippen molar-refractivity contribution in [2.75, 3.05) is 5.73 Å². The van der Waals surface area contributed by atoms with Crippen molar-refractivity contribution < 1.29 is 4.92 Å². The third kappa shape index (κ3) is 1.47. The summed E-state index contributed by atoms with van der Waals surface area (Å²) < 4.78 is 1.40. The molecule has 2 heterocycles. The van der Waals surface area contributed by atoms with Crippen LogP contribution in [0.4, 0.5) is 11.5 Å². The fraction of sp³-hybridized carbons (Fsp3) is 0. The van der Waals surface area contributed by atoms with Crippen LogP contribution < -0.4 is 5.73 Å². The lowest BCUT2D eigenvalue weighted by molar-refractivity contribution is -0.384. The SMILES string of the molecule is Nc1ncnc(-n2ccnc2)c1[N+](=O)[O-]. The Morgan fingerprint density at radius 2 is 2.27 bits per heavy atom. The second-order valence-electron chi connectivity index (χ2n) is 2.66. The molecule has 0 spiro atoms. The van der Waals surface area contributed by atoms with E-state index in [4.69, 9.17) is 5.73 Å². The van der Waals surface area contributed by atoms with Gasteiger partial charge in [-0.05, 0) is 0 Å². The van der Waals surface area contributed by atoms with Crippen molar-refractivity contribution in [2.24, 2.45) is 0 Å². The summed E-state index contributed by atoms with van der Waals surface area (Å²) in [6.45, 7) is 0. The molecule has 15 heavy (non-hydrogen) atoms. The van der Waals surface area contributed by atoms with Crippen LogP contribution in [0.3, 0.4) is 0 Å². The van der Waals surface area contributed by atoms with Gasteiger partial charge in [-0.15, -0.1) is 0 Å². The Morgan fingerprint density at radius 3 is 2.87 bits per heavy atom. The summed E-state index contributed by atoms with van der Waals surface area (Å²) >= 11 is 0. The molecule has 0 amide bonds. The zero-order valence-corrected chi connectivity index (χ0v) is 7.44. The highest BCUT2D eigenvalue weighted by atomic mass is 16.6. The number of nitrogens with two attached hydrogens (primary N) is 1. The minimum Gasteiger partial charge on any atom is -0.378 e. The predicted molar refractivity (Wildman–Crippen MR) is 50.2 cm³/mol. The minimum absolute atomic E-state index is 0.102. The molecule has 0 atom stereocenters. The average Bonchev–Trinajstić information content (AvgIpc) is 2.69. The van der Waals surface area contributed by atoms with E-state index in [-0.39, 0.29) is 17.3 Å². The summed E-state index contributed by atoms with van der Waals surface area (Å²) in [5.74, 6) is -0.0660. The first-order valence-corrected chi connectivity index (χ1v) is 3.93. The molecule has 76 valence electrons. The summed E-state index contributed by atoms with van der Waals surface area (Å²) in [7, 11) is 0. The first-order valence-electron chi connectivity index (χ1n) is 3.93. The van der Waals surface area contributed by atoms with Crippen molar-refractivity contribution in [2.45, 2.75) is 0 Å². The molecule has 0 fully saturated rings. The summed E-state index contributed by atoms with van der Waals surface area (Å²) in [6.07, 6.45) is 5.59. The fourth-order valence-corrected chi connectivity index (χ4v) is 1.13. The Balaban J connectivity index is 2.66. The first-order chi connectivity index (χ1) is 7.20. The third-order valence-corrected chi connectivity index (χ3v) is 1.76. The summed E-state index contributed by atoms with van der Waals surface area (Å²) in [5.41, 5.74) is 5.08. The van der Waals surface area contributed by atoms with E-state index in [0.29, 0.717) is 0 Å². The number of hydrogen-bond acceptors (Lipinski definition) is 6. The Kier molecular flexibility index (Phi) is 2.01. The highest BCUT2D eigenvalue weighted by molar-refractivity contribution is 5.61. The molecule has 0 aliphatic heterocycles. The van der Waals surface area contributed by atoms with Crippen molar-refractivity contribution in [1.82, 2.24) is 19.5 Å². The molecule has 0 radical (unpaired) electrons. The minimum atomic E-state index is -0.620. The van der Waals surface area contributed by atoms with Gasteiger partial charge in [-0.25, -0.2) is 15.0 Å². The van der Waals surface area contributed by atoms with Gasteiger partial charge >= 0.3 is 5.69 Å². The lowest BCUT2D eigenvalue weighted by Gasteiger charge is -2.02. The number of anilines is 1. The van der Waals surface area contributed by atoms with Crippen molar-refractivity contribution in [3.05, 3.63) is 35.2 Å². The summed E-state index contributed by atoms with van der Waals surface area (Å²) in [5, 5.41) is 10.7. The molecule has 0 bridgehead atoms. The van der Waals surface area contributed by atoms with Crippen LogP contribution >= 0.6 is 0 Å². The largest absolute Gasteiger partial charge is 0.378 e. The van der Waals surface area contributed by atoms with Crippen LogP contribution in [-0.2, 0) is 0 Å². The van der Waals surface area contributed by atoms with Gasteiger partial charge in [0.25, 0.3) is 0 Å². The molecule has 0 aromatic carbocycles. The summed E-state index contributed by atoms with van der Waals surface area (Å²) in [6, 6.07) is 0. The van der Waals surface area contributed by atoms with Gasteiger partial charge < -0.3 is 5.73 Å². The van der Waals surface area contributed by atoms with E-state index in [1.54, 1.807) is 0 Å². The number of nitrogens with zero attached hydrogens (tertiary/aromatic N) is 5. The standard InChI is InChI=1S/C7H6N6O2/c8-6-5(13(14)15)7(11-3-10-6)12-2-1-9-4-12/h1-4H,(H2,8,10,11). The van der Waals surface area contributed by atoms with E-state index in [0.717, 1.165) is 6.33 Å². The topological polar surface area (TPSA) is 113 Å². The van der Waals surface area contributed by atoms with Crippen LogP contribution in [-0.4, -0.2) is 24.4 Å². The number of nitrogen functional groups attached to an aromatic ring is 1. The lowest BCUT2D eigenvalue weighted by Crippen LogP contribution is -2.06. The highest BCUT2D eigenvalue weighted by Crippen LogP contribution is 2.24. The van der Waals surface area contributed by atoms with Crippen LogP contribution in [0.5, 0.6) is 0 Å². The zero-order valence-electron chi connectivity index (χ0n) is 7.44. The van der Waals surface area contributed by atoms with Gasteiger partial charge in [0, 0.05) is 12.4 Å². The van der Waals surface area contributed by atoms with Gasteiger partial charge in [0.05, 0.1) is 4.92 Å². The van der Waals surface area contributed by atoms with Gasteiger partial charge in [-0.3, -0.25) is 14.7 Å². The van der Waals surface area contributed by atoms with Crippen LogP contribution in [0, 0.1) is 10.1 Å². The van der Waals surface area contributed by atoms with Crippen molar-refractivity contribution >= 4 is 11.5 Å². The monoisotopic (exact) mass is 206 g/mol. The van der Waals surface area contributed by atoms with E-state index in [1.165, 1.54) is 23.3 Å². The van der Waals surface area contributed by atoms with E-state index >= 15 is 0 Å². The predicted octanol–water partition coefficient (Wildman–Crippen LogP) is 0.153. The molecular weight excluding hydrogens is 200 g/mol.